The number of carbonyl (C=O) groups excluding carboxylic acids is 6. The van der Waals surface area contributed by atoms with Gasteiger partial charge in [-0.2, -0.15) is 0 Å². The molecule has 0 radical (unpaired) electrons. The van der Waals surface area contributed by atoms with Crippen LogP contribution < -0.4 is 38.9 Å². The Morgan fingerprint density at radius 2 is 1.27 bits per heavy atom. The van der Waals surface area contributed by atoms with Gasteiger partial charge in [0, 0.05) is 6.42 Å². The summed E-state index contributed by atoms with van der Waals surface area (Å²) in [6.07, 6.45) is -1.82. The quantitative estimate of drug-likeness (QED) is 0.130. The zero-order valence-corrected chi connectivity index (χ0v) is 15.9. The van der Waals surface area contributed by atoms with E-state index in [-0.39, 0.29) is 12.8 Å². The van der Waals surface area contributed by atoms with Gasteiger partial charge in [0.15, 0.2) is 0 Å². The predicted molar refractivity (Wildman–Crippen MR) is 98.5 cm³/mol. The van der Waals surface area contributed by atoms with E-state index in [4.69, 9.17) is 28.0 Å². The number of carbonyl (C=O) groups is 7. The van der Waals surface area contributed by atoms with Gasteiger partial charge in [0.2, 0.25) is 35.4 Å². The van der Waals surface area contributed by atoms with Crippen LogP contribution in [0.2, 0.25) is 0 Å². The molecule has 168 valence electrons. The summed E-state index contributed by atoms with van der Waals surface area (Å²) in [5.74, 6) is -6.99. The molecule has 0 heterocycles. The summed E-state index contributed by atoms with van der Waals surface area (Å²) < 4.78 is 0. The fourth-order valence-electron chi connectivity index (χ4n) is 2.11. The lowest BCUT2D eigenvalue weighted by molar-refractivity contribution is -0.138. The summed E-state index contributed by atoms with van der Waals surface area (Å²) >= 11 is 0. The second kappa shape index (κ2) is 12.7. The molecule has 0 aromatic heterocycles. The Labute approximate surface area is 170 Å². The first-order chi connectivity index (χ1) is 13.8. The van der Waals surface area contributed by atoms with Crippen molar-refractivity contribution in [2.45, 2.75) is 43.8 Å². The van der Waals surface area contributed by atoms with Crippen LogP contribution in [-0.2, 0) is 33.6 Å². The van der Waals surface area contributed by atoms with E-state index in [0.717, 1.165) is 0 Å². The molecule has 0 rings (SSSR count). The number of carboxylic acid groups (broad SMARTS) is 1. The van der Waals surface area contributed by atoms with Crippen molar-refractivity contribution in [3.63, 3.8) is 0 Å². The first kappa shape index (κ1) is 26.2. The van der Waals surface area contributed by atoms with Crippen molar-refractivity contribution in [2.24, 2.45) is 22.9 Å². The third-order valence-electron chi connectivity index (χ3n) is 3.52. The van der Waals surface area contributed by atoms with Gasteiger partial charge in [0.25, 0.3) is 0 Å². The van der Waals surface area contributed by atoms with Gasteiger partial charge in [-0.25, -0.2) is 0 Å². The molecule has 3 atom stereocenters. The summed E-state index contributed by atoms with van der Waals surface area (Å²) in [5, 5.41) is 14.9. The molecular formula is C15H25N7O8. The average molecular weight is 431 g/mol. The predicted octanol–water partition coefficient (Wildman–Crippen LogP) is -5.50. The monoisotopic (exact) mass is 431 g/mol. The molecule has 12 N–H and O–H groups in total. The van der Waals surface area contributed by atoms with Crippen LogP contribution >= 0.6 is 0 Å². The summed E-state index contributed by atoms with van der Waals surface area (Å²) in [5.41, 5.74) is 20.5. The van der Waals surface area contributed by atoms with E-state index in [1.807, 2.05) is 5.32 Å². The molecule has 0 saturated heterocycles. The maximum absolute atomic E-state index is 12.5. The lowest BCUT2D eigenvalue weighted by Crippen LogP contribution is -2.57. The molecule has 6 amide bonds. The smallest absolute Gasteiger partial charge is 0.322 e. The van der Waals surface area contributed by atoms with Crippen molar-refractivity contribution < 1.29 is 38.7 Å². The van der Waals surface area contributed by atoms with E-state index >= 15 is 0 Å². The van der Waals surface area contributed by atoms with Gasteiger partial charge in [0.05, 0.1) is 18.9 Å². The Kier molecular flexibility index (Phi) is 11.1. The van der Waals surface area contributed by atoms with Crippen molar-refractivity contribution in [1.82, 2.24) is 16.0 Å². The lowest BCUT2D eigenvalue weighted by Gasteiger charge is -2.23. The summed E-state index contributed by atoms with van der Waals surface area (Å²) in [6, 6.07) is -4.36. The Bertz CT molecular complexity index is 711. The van der Waals surface area contributed by atoms with Gasteiger partial charge in [-0.1, -0.05) is 0 Å². The minimum Gasteiger partial charge on any atom is -0.480 e. The first-order valence-corrected chi connectivity index (χ1v) is 8.54. The molecule has 30 heavy (non-hydrogen) atoms. The molecule has 0 fully saturated rings. The minimum atomic E-state index is -1.55. The van der Waals surface area contributed by atoms with E-state index in [2.05, 4.69) is 10.6 Å². The summed E-state index contributed by atoms with van der Waals surface area (Å²) in [6.45, 7) is -0.784. The number of carboxylic acids is 1. The third-order valence-corrected chi connectivity index (χ3v) is 3.52. The van der Waals surface area contributed by atoms with Gasteiger partial charge >= 0.3 is 5.97 Å². The Balaban J connectivity index is 5.34. The van der Waals surface area contributed by atoms with Crippen molar-refractivity contribution in [3.05, 3.63) is 0 Å². The standard InChI is InChI=1S/C15H25N7O8/c16-6(3-10(18)24)13(28)21-7(1-2-9(17)23)15(30)22-8(4-11(19)25)14(29)20-5-12(26)27/h6-8H,1-5,16H2,(H2,17,23)(H2,18,24)(H2,19,25)(H,20,29)(H,21,28)(H,22,30)(H,26,27). The average Bonchev–Trinajstić information content (AvgIpc) is 2.60. The molecule has 0 aliphatic carbocycles. The Morgan fingerprint density at radius 1 is 0.733 bits per heavy atom. The molecule has 0 aromatic carbocycles. The maximum Gasteiger partial charge on any atom is 0.322 e. The van der Waals surface area contributed by atoms with Crippen LogP contribution in [0.3, 0.4) is 0 Å². The summed E-state index contributed by atoms with van der Waals surface area (Å²) in [7, 11) is 0. The minimum absolute atomic E-state index is 0.295. The molecule has 0 aromatic rings. The molecule has 0 aliphatic rings. The Hall–Kier alpha value is -3.75. The molecular weight excluding hydrogens is 406 g/mol. The highest BCUT2D eigenvalue weighted by molar-refractivity contribution is 5.96. The Morgan fingerprint density at radius 3 is 1.73 bits per heavy atom. The molecule has 15 nitrogen and oxygen atoms in total. The fourth-order valence-corrected chi connectivity index (χ4v) is 2.11. The highest BCUT2D eigenvalue weighted by Gasteiger charge is 2.29. The van der Waals surface area contributed by atoms with E-state index in [1.165, 1.54) is 0 Å². The number of nitrogens with one attached hydrogen (secondary N) is 3. The second-order valence-electron chi connectivity index (χ2n) is 6.19. The molecule has 0 saturated carbocycles. The van der Waals surface area contributed by atoms with Crippen LogP contribution in [0, 0.1) is 0 Å². The highest BCUT2D eigenvalue weighted by Crippen LogP contribution is 2.02. The zero-order valence-electron chi connectivity index (χ0n) is 15.9. The van der Waals surface area contributed by atoms with Gasteiger partial charge in [-0.3, -0.25) is 33.6 Å². The molecule has 0 spiro atoms. The van der Waals surface area contributed by atoms with Crippen LogP contribution in [0.25, 0.3) is 0 Å². The largest absolute Gasteiger partial charge is 0.480 e. The van der Waals surface area contributed by atoms with Crippen LogP contribution in [0.5, 0.6) is 0 Å². The van der Waals surface area contributed by atoms with E-state index in [0.29, 0.717) is 0 Å². The highest BCUT2D eigenvalue weighted by atomic mass is 16.4. The number of primary amides is 3. The number of amides is 6. The number of hydrogen-bond donors (Lipinski definition) is 8. The lowest BCUT2D eigenvalue weighted by atomic mass is 10.1. The zero-order chi connectivity index (χ0) is 23.4. The molecule has 15 heteroatoms. The van der Waals surface area contributed by atoms with E-state index < -0.39 is 78.9 Å². The van der Waals surface area contributed by atoms with Gasteiger partial charge in [-0.15, -0.1) is 0 Å². The van der Waals surface area contributed by atoms with Crippen molar-refractivity contribution in [1.29, 1.82) is 0 Å². The van der Waals surface area contributed by atoms with Crippen LogP contribution in [0.4, 0.5) is 0 Å². The van der Waals surface area contributed by atoms with Crippen molar-refractivity contribution >= 4 is 41.4 Å². The van der Waals surface area contributed by atoms with Crippen molar-refractivity contribution in [3.8, 4) is 0 Å². The fraction of sp³-hybridized carbons (Fsp3) is 0.533. The normalized spacial score (nSPS) is 13.2. The van der Waals surface area contributed by atoms with E-state index in [9.17, 15) is 33.6 Å². The van der Waals surface area contributed by atoms with Gasteiger partial charge in [-0.05, 0) is 6.42 Å². The summed E-state index contributed by atoms with van der Waals surface area (Å²) in [4.78, 5) is 80.2. The molecule has 0 aliphatic heterocycles. The number of aliphatic carboxylic acids is 1. The topological polar surface area (TPSA) is 280 Å². The number of rotatable bonds is 14. The van der Waals surface area contributed by atoms with Crippen LogP contribution in [0.15, 0.2) is 0 Å². The number of nitrogens with two attached hydrogens (primary N) is 4. The van der Waals surface area contributed by atoms with Gasteiger partial charge in [0.1, 0.15) is 18.6 Å². The molecule has 3 unspecified atom stereocenters. The van der Waals surface area contributed by atoms with E-state index in [1.54, 1.807) is 0 Å². The first-order valence-electron chi connectivity index (χ1n) is 8.54. The maximum atomic E-state index is 12.5. The van der Waals surface area contributed by atoms with Crippen molar-refractivity contribution in [2.75, 3.05) is 6.54 Å². The SMILES string of the molecule is NC(=O)CCC(NC(=O)C(N)CC(N)=O)C(=O)NC(CC(N)=O)C(=O)NCC(=O)O. The van der Waals surface area contributed by atoms with Gasteiger partial charge < -0.3 is 44.0 Å². The second-order valence-corrected chi connectivity index (χ2v) is 6.19. The van der Waals surface area contributed by atoms with Crippen LogP contribution in [-0.4, -0.2) is 71.2 Å². The number of hydrogen-bond acceptors (Lipinski definition) is 8. The third kappa shape index (κ3) is 11.2. The van der Waals surface area contributed by atoms with Crippen LogP contribution in [0.1, 0.15) is 25.7 Å². The molecule has 0 bridgehead atoms.